The van der Waals surface area contributed by atoms with Crippen molar-refractivity contribution in [3.05, 3.63) is 56.5 Å². The van der Waals surface area contributed by atoms with Gasteiger partial charge in [-0.05, 0) is 13.0 Å². The van der Waals surface area contributed by atoms with Gasteiger partial charge in [0.05, 0.1) is 23.3 Å². The number of amides is 2. The minimum absolute atomic E-state index is 0.0422. The summed E-state index contributed by atoms with van der Waals surface area (Å²) in [5.74, 6) is -0.477. The lowest BCUT2D eigenvalue weighted by Crippen LogP contribution is -2.25. The van der Waals surface area contributed by atoms with Gasteiger partial charge in [-0.15, -0.1) is 11.3 Å². The molecule has 166 valence electrons. The van der Waals surface area contributed by atoms with Crippen LogP contribution in [0.25, 0.3) is 0 Å². The van der Waals surface area contributed by atoms with E-state index in [2.05, 4.69) is 35.9 Å². The lowest BCUT2D eigenvalue weighted by molar-refractivity contribution is 0.0945. The van der Waals surface area contributed by atoms with Crippen LogP contribution in [-0.4, -0.2) is 45.0 Å². The lowest BCUT2D eigenvalue weighted by Gasteiger charge is -2.08. The van der Waals surface area contributed by atoms with Crippen LogP contribution in [0.15, 0.2) is 24.8 Å². The smallest absolute Gasteiger partial charge is 0.271 e. The van der Waals surface area contributed by atoms with Crippen LogP contribution in [-0.2, 0) is 6.54 Å². The Morgan fingerprint density at radius 3 is 2.72 bits per heavy atom. The molecule has 2 amide bonds. The molecule has 13 heteroatoms. The van der Waals surface area contributed by atoms with Gasteiger partial charge in [-0.3, -0.25) is 9.59 Å². The third kappa shape index (κ3) is 5.21. The average Bonchev–Trinajstić information content (AvgIpc) is 3.27. The fourth-order valence-corrected chi connectivity index (χ4v) is 3.66. The van der Waals surface area contributed by atoms with E-state index in [4.69, 9.17) is 17.0 Å². The summed E-state index contributed by atoms with van der Waals surface area (Å²) < 4.78 is 13.6. The van der Waals surface area contributed by atoms with Crippen LogP contribution >= 0.6 is 22.9 Å². The Balaban J connectivity index is 1.65. The van der Waals surface area contributed by atoms with E-state index in [1.807, 2.05) is 0 Å². The Morgan fingerprint density at radius 1 is 1.25 bits per heavy atom. The Bertz CT molecular complexity index is 1170. The number of halogens is 2. The first kappa shape index (κ1) is 23.2. The molecule has 4 N–H and O–H groups in total. The quantitative estimate of drug-likeness (QED) is 0.365. The summed E-state index contributed by atoms with van der Waals surface area (Å²) >= 11 is 6.98. The van der Waals surface area contributed by atoms with Gasteiger partial charge in [0.1, 0.15) is 39.7 Å². The molecule has 0 radical (unpaired) electrons. The Kier molecular flexibility index (Phi) is 7.38. The molecule has 3 heterocycles. The molecule has 1 atom stereocenters. The zero-order chi connectivity index (χ0) is 23.3. The van der Waals surface area contributed by atoms with Crippen molar-refractivity contribution in [2.45, 2.75) is 19.6 Å². The van der Waals surface area contributed by atoms with E-state index in [1.165, 1.54) is 31.7 Å². The third-order valence-corrected chi connectivity index (χ3v) is 5.52. The van der Waals surface area contributed by atoms with E-state index in [0.717, 1.165) is 17.6 Å². The van der Waals surface area contributed by atoms with Crippen LogP contribution < -0.4 is 16.0 Å². The van der Waals surface area contributed by atoms with Crippen LogP contribution in [0.4, 0.5) is 16.0 Å². The molecule has 0 saturated heterocycles. The zero-order valence-corrected chi connectivity index (χ0v) is 18.5. The number of nitrogens with zero attached hydrogens (tertiary/aromatic N) is 4. The van der Waals surface area contributed by atoms with Gasteiger partial charge in [-0.2, -0.15) is 0 Å². The van der Waals surface area contributed by atoms with Gasteiger partial charge in [0.2, 0.25) is 0 Å². The Morgan fingerprint density at radius 2 is 2.03 bits per heavy atom. The molecule has 3 aromatic rings. The molecule has 3 aromatic heterocycles. The van der Waals surface area contributed by atoms with Crippen LogP contribution in [0.3, 0.4) is 0 Å². The normalized spacial score (nSPS) is 11.5. The van der Waals surface area contributed by atoms with Crippen molar-refractivity contribution in [3.8, 4) is 0 Å². The number of hydrogen-bond donors (Lipinski definition) is 4. The molecule has 0 aromatic carbocycles. The maximum Gasteiger partial charge on any atom is 0.271 e. The fraction of sp³-hybridized carbons (Fsp3) is 0.211. The number of alkyl halides is 1. The second-order valence-electron chi connectivity index (χ2n) is 6.34. The predicted molar refractivity (Wildman–Crippen MR) is 119 cm³/mol. The van der Waals surface area contributed by atoms with Gasteiger partial charge in [0.25, 0.3) is 11.8 Å². The number of nitrogens with one attached hydrogen (secondary N) is 4. The van der Waals surface area contributed by atoms with Gasteiger partial charge in [0, 0.05) is 25.0 Å². The summed E-state index contributed by atoms with van der Waals surface area (Å²) in [7, 11) is 1.62. The molecule has 32 heavy (non-hydrogen) atoms. The highest BCUT2D eigenvalue weighted by molar-refractivity contribution is 7.13. The number of carbonyl (C=O) groups is 2. The summed E-state index contributed by atoms with van der Waals surface area (Å²) in [5.41, 5.74) is 0.518. The lowest BCUT2D eigenvalue weighted by atomic mass is 10.2. The minimum atomic E-state index is -1.31. The topological polar surface area (TPSA) is 146 Å². The summed E-state index contributed by atoms with van der Waals surface area (Å²) in [6.07, 6.45) is 3.53. The van der Waals surface area contributed by atoms with Crippen molar-refractivity contribution in [2.75, 3.05) is 17.7 Å². The molecular weight excluding hydrogens is 459 g/mol. The van der Waals surface area contributed by atoms with Gasteiger partial charge in [-0.1, -0.05) is 11.6 Å². The maximum absolute atomic E-state index is 13.6. The number of rotatable bonds is 8. The van der Waals surface area contributed by atoms with E-state index in [0.29, 0.717) is 10.8 Å². The molecule has 0 fully saturated rings. The Labute approximate surface area is 191 Å². The van der Waals surface area contributed by atoms with Gasteiger partial charge in [-0.25, -0.2) is 24.3 Å². The van der Waals surface area contributed by atoms with Crippen LogP contribution in [0.1, 0.15) is 49.4 Å². The highest BCUT2D eigenvalue weighted by Crippen LogP contribution is 2.27. The van der Waals surface area contributed by atoms with Gasteiger partial charge in [0.15, 0.2) is 0 Å². The predicted octanol–water partition coefficient (Wildman–Crippen LogP) is 3.23. The largest absolute Gasteiger partial charge is 0.372 e. The monoisotopic (exact) mass is 476 g/mol. The van der Waals surface area contributed by atoms with Crippen LogP contribution in [0.2, 0.25) is 5.02 Å². The van der Waals surface area contributed by atoms with Crippen molar-refractivity contribution >= 4 is 52.6 Å². The molecule has 3 rings (SSSR count). The van der Waals surface area contributed by atoms with Crippen molar-refractivity contribution in [2.24, 2.45) is 0 Å². The summed E-state index contributed by atoms with van der Waals surface area (Å²) in [6, 6.07) is 1.37. The van der Waals surface area contributed by atoms with Crippen molar-refractivity contribution in [1.29, 1.82) is 5.41 Å². The fourth-order valence-electron chi connectivity index (χ4n) is 2.65. The number of thiazole rings is 1. The molecule has 0 aliphatic carbocycles. The molecule has 0 saturated carbocycles. The number of carbonyl (C=O) groups excluding carboxylic acids is 2. The first-order valence-electron chi connectivity index (χ1n) is 9.21. The second-order valence-corrected chi connectivity index (χ2v) is 7.86. The molecule has 0 spiro atoms. The SMILES string of the molecule is CNc1ncnc(C(=O)NCc2ncc(C(=O)Nc3cc(C(C)F)c(Cl)cn3)s2)c1C=N. The zero-order valence-electron chi connectivity index (χ0n) is 16.9. The van der Waals surface area contributed by atoms with Crippen LogP contribution in [0, 0.1) is 5.41 Å². The van der Waals surface area contributed by atoms with Crippen LogP contribution in [0.5, 0.6) is 0 Å². The first-order valence-corrected chi connectivity index (χ1v) is 10.4. The minimum Gasteiger partial charge on any atom is -0.372 e. The van der Waals surface area contributed by atoms with E-state index in [-0.39, 0.29) is 39.1 Å². The number of aromatic nitrogens is 4. The number of hydrogen-bond acceptors (Lipinski definition) is 9. The summed E-state index contributed by atoms with van der Waals surface area (Å²) in [4.78, 5) is 41.2. The standard InChI is InChI=1S/C19H18ClFN8O2S/c1-9(21)10-3-14(24-5-12(10)20)29-18(30)13-6-25-15(32-13)7-26-19(31)16-11(4-22)17(23-2)28-8-27-16/h3-6,8-9,22H,7H2,1-2H3,(H,26,31)(H,23,27,28)(H,24,29,30). The summed E-state index contributed by atoms with van der Waals surface area (Å²) in [5, 5.41) is 16.2. The molecule has 0 aliphatic rings. The maximum atomic E-state index is 13.6. The Hall–Kier alpha value is -3.51. The summed E-state index contributed by atoms with van der Waals surface area (Å²) in [6.45, 7) is 1.39. The van der Waals surface area contributed by atoms with E-state index in [9.17, 15) is 14.0 Å². The van der Waals surface area contributed by atoms with Crippen molar-refractivity contribution < 1.29 is 14.0 Å². The van der Waals surface area contributed by atoms with Crippen molar-refractivity contribution in [1.82, 2.24) is 25.3 Å². The molecule has 1 unspecified atom stereocenters. The van der Waals surface area contributed by atoms with Crippen molar-refractivity contribution in [3.63, 3.8) is 0 Å². The highest BCUT2D eigenvalue weighted by atomic mass is 35.5. The first-order chi connectivity index (χ1) is 15.3. The molecule has 0 aliphatic heterocycles. The third-order valence-electron chi connectivity index (χ3n) is 4.21. The van der Waals surface area contributed by atoms with E-state index in [1.54, 1.807) is 7.05 Å². The average molecular weight is 477 g/mol. The molecule has 0 bridgehead atoms. The van der Waals surface area contributed by atoms with Gasteiger partial charge < -0.3 is 21.4 Å². The highest BCUT2D eigenvalue weighted by Gasteiger charge is 2.18. The van der Waals surface area contributed by atoms with E-state index < -0.39 is 18.0 Å². The molecular formula is C19H18ClFN8O2S. The second kappa shape index (κ2) is 10.2. The molecule has 10 nitrogen and oxygen atoms in total. The van der Waals surface area contributed by atoms with Gasteiger partial charge >= 0.3 is 0 Å². The number of anilines is 2. The van der Waals surface area contributed by atoms with E-state index >= 15 is 0 Å². The number of pyridine rings is 1.